The van der Waals surface area contributed by atoms with Crippen LogP contribution in [0.15, 0.2) is 24.3 Å². The Hall–Kier alpha value is -1.68. The Kier molecular flexibility index (Phi) is 6.92. The molecule has 30 heavy (non-hydrogen) atoms. The summed E-state index contributed by atoms with van der Waals surface area (Å²) in [5.41, 5.74) is 3.16. The molecule has 4 nitrogen and oxygen atoms in total. The van der Waals surface area contributed by atoms with Crippen molar-refractivity contribution in [2.24, 2.45) is 5.92 Å². The molecular formula is C26H38N2O2. The first kappa shape index (κ1) is 21.5. The molecule has 1 saturated heterocycles. The Morgan fingerprint density at radius 2 is 1.63 bits per heavy atom. The molecule has 0 spiro atoms. The first-order valence-corrected chi connectivity index (χ1v) is 12.2. The Morgan fingerprint density at radius 3 is 2.27 bits per heavy atom. The average Bonchev–Trinajstić information content (AvgIpc) is 2.76. The molecular weight excluding hydrogens is 372 g/mol. The molecule has 1 N–H and O–H groups in total. The summed E-state index contributed by atoms with van der Waals surface area (Å²) >= 11 is 0. The van der Waals surface area contributed by atoms with E-state index < -0.39 is 0 Å². The molecule has 1 aromatic carbocycles. The summed E-state index contributed by atoms with van der Waals surface area (Å²) in [6, 6.07) is 9.57. The van der Waals surface area contributed by atoms with Gasteiger partial charge in [0.25, 0.3) is 0 Å². The maximum Gasteiger partial charge on any atom is 0.223 e. The van der Waals surface area contributed by atoms with Crippen molar-refractivity contribution < 1.29 is 9.59 Å². The van der Waals surface area contributed by atoms with Gasteiger partial charge >= 0.3 is 0 Å². The van der Waals surface area contributed by atoms with E-state index in [2.05, 4.69) is 41.4 Å². The zero-order valence-corrected chi connectivity index (χ0v) is 18.6. The SMILES string of the molecule is Cc1ccc(C2(CN3CCC(NC(=O)C4CCC(=O)CC4)CC3)CCCCC2)cc1. The largest absolute Gasteiger partial charge is 0.353 e. The normalized spacial score (nSPS) is 24.0. The van der Waals surface area contributed by atoms with E-state index in [9.17, 15) is 9.59 Å². The average molecular weight is 411 g/mol. The first-order chi connectivity index (χ1) is 14.5. The van der Waals surface area contributed by atoms with Gasteiger partial charge in [0, 0.05) is 49.9 Å². The van der Waals surface area contributed by atoms with Gasteiger partial charge in [-0.3, -0.25) is 9.59 Å². The van der Waals surface area contributed by atoms with E-state index in [4.69, 9.17) is 0 Å². The maximum atomic E-state index is 12.6. The third kappa shape index (κ3) is 5.14. The minimum Gasteiger partial charge on any atom is -0.353 e. The topological polar surface area (TPSA) is 49.4 Å². The molecule has 1 aromatic rings. The smallest absolute Gasteiger partial charge is 0.223 e. The van der Waals surface area contributed by atoms with E-state index in [1.165, 1.54) is 43.2 Å². The highest BCUT2D eigenvalue weighted by Crippen LogP contribution is 2.40. The van der Waals surface area contributed by atoms with Gasteiger partial charge in [-0.1, -0.05) is 49.1 Å². The molecule has 3 aliphatic rings. The van der Waals surface area contributed by atoms with Crippen LogP contribution in [-0.4, -0.2) is 42.3 Å². The number of hydrogen-bond acceptors (Lipinski definition) is 3. The summed E-state index contributed by atoms with van der Waals surface area (Å²) in [7, 11) is 0. The molecule has 4 rings (SSSR count). The Bertz CT molecular complexity index is 718. The molecule has 4 heteroatoms. The number of amides is 1. The fourth-order valence-electron chi connectivity index (χ4n) is 5.86. The number of nitrogens with one attached hydrogen (secondary N) is 1. The third-order valence-electron chi connectivity index (χ3n) is 7.85. The van der Waals surface area contributed by atoms with Gasteiger partial charge in [0.15, 0.2) is 0 Å². The summed E-state index contributed by atoms with van der Waals surface area (Å²) in [6.07, 6.45) is 11.4. The van der Waals surface area contributed by atoms with Gasteiger partial charge in [-0.2, -0.15) is 0 Å². The molecule has 1 heterocycles. The zero-order valence-electron chi connectivity index (χ0n) is 18.6. The summed E-state index contributed by atoms with van der Waals surface area (Å²) in [5.74, 6) is 0.551. The van der Waals surface area contributed by atoms with Gasteiger partial charge < -0.3 is 10.2 Å². The highest BCUT2D eigenvalue weighted by molar-refractivity contribution is 5.84. The van der Waals surface area contributed by atoms with Crippen LogP contribution in [0.25, 0.3) is 0 Å². The van der Waals surface area contributed by atoms with Crippen molar-refractivity contribution in [1.82, 2.24) is 10.2 Å². The molecule has 1 aliphatic heterocycles. The number of carbonyl (C=O) groups is 2. The van der Waals surface area contributed by atoms with Gasteiger partial charge in [-0.25, -0.2) is 0 Å². The van der Waals surface area contributed by atoms with Crippen LogP contribution >= 0.6 is 0 Å². The molecule has 3 fully saturated rings. The quantitative estimate of drug-likeness (QED) is 0.775. The second-order valence-electron chi connectivity index (χ2n) is 10.1. The van der Waals surface area contributed by atoms with Crippen LogP contribution in [-0.2, 0) is 15.0 Å². The van der Waals surface area contributed by atoms with Gasteiger partial charge in [0.1, 0.15) is 5.78 Å². The predicted octanol–water partition coefficient (Wildman–Crippen LogP) is 4.54. The number of Topliss-reactive ketones (excluding diaryl/α,β-unsaturated/α-hetero) is 1. The lowest BCUT2D eigenvalue weighted by atomic mass is 9.69. The monoisotopic (exact) mass is 410 g/mol. The van der Waals surface area contributed by atoms with Crippen LogP contribution in [0.5, 0.6) is 0 Å². The second-order valence-corrected chi connectivity index (χ2v) is 10.1. The predicted molar refractivity (Wildman–Crippen MR) is 121 cm³/mol. The number of ketones is 1. The zero-order chi connectivity index (χ0) is 21.0. The lowest BCUT2D eigenvalue weighted by Crippen LogP contribution is -2.50. The minimum absolute atomic E-state index is 0.0489. The Balaban J connectivity index is 1.31. The first-order valence-electron chi connectivity index (χ1n) is 12.2. The van der Waals surface area contributed by atoms with Crippen molar-refractivity contribution in [1.29, 1.82) is 0 Å². The van der Waals surface area contributed by atoms with Gasteiger partial charge in [0.05, 0.1) is 0 Å². The number of piperidine rings is 1. The van der Waals surface area contributed by atoms with E-state index in [-0.39, 0.29) is 11.8 Å². The summed E-state index contributed by atoms with van der Waals surface area (Å²) < 4.78 is 0. The number of hydrogen-bond donors (Lipinski definition) is 1. The van der Waals surface area contributed by atoms with Crippen molar-refractivity contribution in [3.8, 4) is 0 Å². The van der Waals surface area contributed by atoms with Crippen molar-refractivity contribution in [2.75, 3.05) is 19.6 Å². The molecule has 0 unspecified atom stereocenters. The van der Waals surface area contributed by atoms with E-state index in [1.54, 1.807) is 0 Å². The summed E-state index contributed by atoms with van der Waals surface area (Å²) in [5, 5.41) is 3.30. The van der Waals surface area contributed by atoms with Crippen molar-refractivity contribution in [3.63, 3.8) is 0 Å². The minimum atomic E-state index is 0.0489. The molecule has 1 amide bonds. The fourth-order valence-corrected chi connectivity index (χ4v) is 5.86. The lowest BCUT2D eigenvalue weighted by Gasteiger charge is -2.44. The highest BCUT2D eigenvalue weighted by atomic mass is 16.2. The van der Waals surface area contributed by atoms with Crippen molar-refractivity contribution in [3.05, 3.63) is 35.4 Å². The molecule has 0 radical (unpaired) electrons. The van der Waals surface area contributed by atoms with E-state index >= 15 is 0 Å². The summed E-state index contributed by atoms with van der Waals surface area (Å²) in [6.45, 7) is 5.46. The van der Waals surface area contributed by atoms with E-state index in [1.807, 2.05) is 0 Å². The van der Waals surface area contributed by atoms with Crippen molar-refractivity contribution in [2.45, 2.75) is 89.0 Å². The molecule has 0 aromatic heterocycles. The second kappa shape index (κ2) is 9.64. The Morgan fingerprint density at radius 1 is 1.00 bits per heavy atom. The maximum absolute atomic E-state index is 12.6. The van der Waals surface area contributed by atoms with Gasteiger partial charge in [-0.05, 0) is 51.0 Å². The number of carbonyl (C=O) groups excluding carboxylic acids is 2. The summed E-state index contributed by atoms with van der Waals surface area (Å²) in [4.78, 5) is 26.7. The van der Waals surface area contributed by atoms with Crippen molar-refractivity contribution >= 4 is 11.7 Å². The van der Waals surface area contributed by atoms with Gasteiger partial charge in [-0.15, -0.1) is 0 Å². The van der Waals surface area contributed by atoms with E-state index in [0.717, 1.165) is 45.3 Å². The van der Waals surface area contributed by atoms with Crippen LogP contribution in [0.1, 0.15) is 81.8 Å². The highest BCUT2D eigenvalue weighted by Gasteiger charge is 2.37. The van der Waals surface area contributed by atoms with Crippen LogP contribution in [0.3, 0.4) is 0 Å². The lowest BCUT2D eigenvalue weighted by molar-refractivity contribution is -0.129. The number of likely N-dealkylation sites (tertiary alicyclic amines) is 1. The fraction of sp³-hybridized carbons (Fsp3) is 0.692. The number of nitrogens with zero attached hydrogens (tertiary/aromatic N) is 1. The number of aryl methyl sites for hydroxylation is 1. The molecule has 2 saturated carbocycles. The van der Waals surface area contributed by atoms with Crippen LogP contribution in [0, 0.1) is 12.8 Å². The number of rotatable bonds is 5. The van der Waals surface area contributed by atoms with Crippen LogP contribution < -0.4 is 5.32 Å². The standard InChI is InChI=1S/C26H38N2O2/c1-20-5-9-22(10-6-20)26(15-3-2-4-16-26)19-28-17-13-23(14-18-28)27-25(30)21-7-11-24(29)12-8-21/h5-6,9-10,21,23H,2-4,7-8,11-19H2,1H3,(H,27,30). The van der Waals surface area contributed by atoms with Crippen LogP contribution in [0.2, 0.25) is 0 Å². The number of benzene rings is 1. The van der Waals surface area contributed by atoms with Crippen LogP contribution in [0.4, 0.5) is 0 Å². The molecule has 0 bridgehead atoms. The van der Waals surface area contributed by atoms with E-state index in [0.29, 0.717) is 30.1 Å². The Labute approximate surface area is 181 Å². The molecule has 164 valence electrons. The van der Waals surface area contributed by atoms with Gasteiger partial charge in [0.2, 0.25) is 5.91 Å². The third-order valence-corrected chi connectivity index (χ3v) is 7.85. The molecule has 2 aliphatic carbocycles. The molecule has 0 atom stereocenters.